The van der Waals surface area contributed by atoms with Gasteiger partial charge in [-0.05, 0) is 13.0 Å². The van der Waals surface area contributed by atoms with Crippen molar-refractivity contribution in [2.24, 2.45) is 0 Å². The third-order valence-electron chi connectivity index (χ3n) is 1.38. The summed E-state index contributed by atoms with van der Waals surface area (Å²) in [6.45, 7) is 3.84. The average Bonchev–Trinajstić information content (AvgIpc) is 2.01. The van der Waals surface area contributed by atoms with Gasteiger partial charge >= 0.3 is 0 Å². The van der Waals surface area contributed by atoms with Crippen LogP contribution in [0, 0.1) is 6.92 Å². The molecule has 0 saturated carbocycles. The van der Waals surface area contributed by atoms with Gasteiger partial charge in [-0.15, -0.1) is 0 Å². The van der Waals surface area contributed by atoms with E-state index in [2.05, 4.69) is 15.3 Å². The maximum atomic E-state index is 10.5. The van der Waals surface area contributed by atoms with Gasteiger partial charge in [0.2, 0.25) is 5.91 Å². The SMILES string of the molecule is CC(=O)NCc1cc(C)ncn1. The van der Waals surface area contributed by atoms with Crippen LogP contribution in [0.25, 0.3) is 0 Å². The second-order valence-corrected chi connectivity index (χ2v) is 2.56. The first kappa shape index (κ1) is 8.64. The number of hydrogen-bond donors (Lipinski definition) is 1. The highest BCUT2D eigenvalue weighted by atomic mass is 16.1. The van der Waals surface area contributed by atoms with E-state index < -0.39 is 0 Å². The minimum Gasteiger partial charge on any atom is -0.351 e. The topological polar surface area (TPSA) is 54.9 Å². The molecule has 0 aliphatic rings. The third kappa shape index (κ3) is 2.65. The van der Waals surface area contributed by atoms with Crippen LogP contribution in [0.3, 0.4) is 0 Å². The number of carbonyl (C=O) groups excluding carboxylic acids is 1. The van der Waals surface area contributed by atoms with Gasteiger partial charge in [0.25, 0.3) is 0 Å². The Hall–Kier alpha value is -1.45. The number of hydrogen-bond acceptors (Lipinski definition) is 3. The van der Waals surface area contributed by atoms with E-state index in [4.69, 9.17) is 0 Å². The van der Waals surface area contributed by atoms with Gasteiger partial charge in [0, 0.05) is 12.6 Å². The Bertz CT molecular complexity index is 285. The summed E-state index contributed by atoms with van der Waals surface area (Å²) in [5.74, 6) is -0.0498. The maximum Gasteiger partial charge on any atom is 0.217 e. The van der Waals surface area contributed by atoms with Crippen molar-refractivity contribution < 1.29 is 4.79 Å². The van der Waals surface area contributed by atoms with Crippen LogP contribution >= 0.6 is 0 Å². The fourth-order valence-electron chi connectivity index (χ4n) is 0.821. The largest absolute Gasteiger partial charge is 0.351 e. The van der Waals surface area contributed by atoms with Gasteiger partial charge < -0.3 is 5.32 Å². The van der Waals surface area contributed by atoms with Gasteiger partial charge in [0.15, 0.2) is 0 Å². The molecule has 12 heavy (non-hydrogen) atoms. The second-order valence-electron chi connectivity index (χ2n) is 2.56. The van der Waals surface area contributed by atoms with Crippen molar-refractivity contribution in [2.75, 3.05) is 0 Å². The van der Waals surface area contributed by atoms with E-state index in [1.807, 2.05) is 13.0 Å². The second kappa shape index (κ2) is 3.80. The number of carbonyl (C=O) groups is 1. The van der Waals surface area contributed by atoms with Crippen LogP contribution in [0.1, 0.15) is 18.3 Å². The van der Waals surface area contributed by atoms with Crippen LogP contribution in [-0.2, 0) is 11.3 Å². The lowest BCUT2D eigenvalue weighted by Crippen LogP contribution is -2.19. The van der Waals surface area contributed by atoms with E-state index in [9.17, 15) is 4.79 Å². The smallest absolute Gasteiger partial charge is 0.217 e. The molecule has 1 aromatic heterocycles. The summed E-state index contributed by atoms with van der Waals surface area (Å²) in [6.07, 6.45) is 1.49. The van der Waals surface area contributed by atoms with E-state index in [1.165, 1.54) is 13.3 Å². The van der Waals surface area contributed by atoms with Crippen LogP contribution in [0.5, 0.6) is 0 Å². The predicted molar refractivity (Wildman–Crippen MR) is 44.3 cm³/mol. The summed E-state index contributed by atoms with van der Waals surface area (Å²) < 4.78 is 0. The summed E-state index contributed by atoms with van der Waals surface area (Å²) in [5.41, 5.74) is 1.74. The molecule has 4 nitrogen and oxygen atoms in total. The van der Waals surface area contributed by atoms with Crippen molar-refractivity contribution in [3.8, 4) is 0 Å². The van der Waals surface area contributed by atoms with Gasteiger partial charge in [-0.25, -0.2) is 9.97 Å². The van der Waals surface area contributed by atoms with E-state index in [1.54, 1.807) is 0 Å². The number of aryl methyl sites for hydroxylation is 1. The molecule has 0 atom stereocenters. The van der Waals surface area contributed by atoms with Crippen molar-refractivity contribution in [2.45, 2.75) is 20.4 Å². The van der Waals surface area contributed by atoms with Crippen molar-refractivity contribution >= 4 is 5.91 Å². The molecule has 0 bridgehead atoms. The standard InChI is InChI=1S/C8H11N3O/c1-6-3-8(11-5-10-6)4-9-7(2)12/h3,5H,4H2,1-2H3,(H,9,12). The summed E-state index contributed by atoms with van der Waals surface area (Å²) >= 11 is 0. The highest BCUT2D eigenvalue weighted by Crippen LogP contribution is 1.94. The Morgan fingerprint density at radius 1 is 1.58 bits per heavy atom. The quantitative estimate of drug-likeness (QED) is 0.691. The molecule has 1 rings (SSSR count). The van der Waals surface area contributed by atoms with Crippen LogP contribution in [0.4, 0.5) is 0 Å². The minimum absolute atomic E-state index is 0.0498. The Balaban J connectivity index is 2.57. The summed E-state index contributed by atoms with van der Waals surface area (Å²) in [6, 6.07) is 1.84. The van der Waals surface area contributed by atoms with Crippen LogP contribution in [0.2, 0.25) is 0 Å². The molecule has 0 spiro atoms. The molecular weight excluding hydrogens is 154 g/mol. The molecule has 1 N–H and O–H groups in total. The first-order valence-electron chi connectivity index (χ1n) is 3.70. The van der Waals surface area contributed by atoms with Crippen molar-refractivity contribution in [1.29, 1.82) is 0 Å². The Labute approximate surface area is 71.0 Å². The first-order valence-corrected chi connectivity index (χ1v) is 3.70. The molecule has 0 saturated heterocycles. The van der Waals surface area contributed by atoms with Gasteiger partial charge in [0.05, 0.1) is 12.2 Å². The zero-order valence-corrected chi connectivity index (χ0v) is 7.16. The molecule has 0 unspecified atom stereocenters. The lowest BCUT2D eigenvalue weighted by Gasteiger charge is -2.00. The van der Waals surface area contributed by atoms with E-state index >= 15 is 0 Å². The minimum atomic E-state index is -0.0498. The Kier molecular flexibility index (Phi) is 2.74. The molecule has 0 aliphatic heterocycles. The average molecular weight is 165 g/mol. The van der Waals surface area contributed by atoms with Gasteiger partial charge in [-0.2, -0.15) is 0 Å². The Morgan fingerprint density at radius 2 is 2.33 bits per heavy atom. The lowest BCUT2D eigenvalue weighted by molar-refractivity contribution is -0.119. The van der Waals surface area contributed by atoms with Gasteiger partial charge in [-0.1, -0.05) is 0 Å². The maximum absolute atomic E-state index is 10.5. The summed E-state index contributed by atoms with van der Waals surface area (Å²) in [7, 11) is 0. The highest BCUT2D eigenvalue weighted by Gasteiger charge is 1.95. The molecule has 1 amide bonds. The molecule has 4 heteroatoms. The molecule has 1 aromatic rings. The number of rotatable bonds is 2. The summed E-state index contributed by atoms with van der Waals surface area (Å²) in [5, 5.41) is 2.66. The molecule has 0 radical (unpaired) electrons. The normalized spacial score (nSPS) is 9.50. The molecule has 0 fully saturated rings. The number of nitrogens with zero attached hydrogens (tertiary/aromatic N) is 2. The van der Waals surface area contributed by atoms with Crippen LogP contribution in [-0.4, -0.2) is 15.9 Å². The van der Waals surface area contributed by atoms with Gasteiger partial charge in [-0.3, -0.25) is 4.79 Å². The summed E-state index contributed by atoms with van der Waals surface area (Å²) in [4.78, 5) is 18.5. The molecule has 64 valence electrons. The van der Waals surface area contributed by atoms with E-state index in [-0.39, 0.29) is 5.91 Å². The van der Waals surface area contributed by atoms with Crippen molar-refractivity contribution in [3.05, 3.63) is 23.8 Å². The Morgan fingerprint density at radius 3 is 2.92 bits per heavy atom. The fraction of sp³-hybridized carbons (Fsp3) is 0.375. The number of nitrogens with one attached hydrogen (secondary N) is 1. The molecular formula is C8H11N3O. The lowest BCUT2D eigenvalue weighted by atomic mass is 10.3. The molecule has 0 aromatic carbocycles. The van der Waals surface area contributed by atoms with Crippen LogP contribution in [0.15, 0.2) is 12.4 Å². The van der Waals surface area contributed by atoms with Crippen molar-refractivity contribution in [3.63, 3.8) is 0 Å². The van der Waals surface area contributed by atoms with E-state index in [0.29, 0.717) is 6.54 Å². The predicted octanol–water partition coefficient (Wildman–Crippen LogP) is 0.421. The highest BCUT2D eigenvalue weighted by molar-refractivity contribution is 5.72. The molecule has 0 aliphatic carbocycles. The number of aromatic nitrogens is 2. The first-order chi connectivity index (χ1) is 5.68. The molecule has 1 heterocycles. The zero-order valence-electron chi connectivity index (χ0n) is 7.16. The third-order valence-corrected chi connectivity index (χ3v) is 1.38. The zero-order chi connectivity index (χ0) is 8.97. The fourth-order valence-corrected chi connectivity index (χ4v) is 0.821. The monoisotopic (exact) mass is 165 g/mol. The van der Waals surface area contributed by atoms with Crippen molar-refractivity contribution in [1.82, 2.24) is 15.3 Å². The van der Waals surface area contributed by atoms with Crippen LogP contribution < -0.4 is 5.32 Å². The van der Waals surface area contributed by atoms with E-state index in [0.717, 1.165) is 11.4 Å². The number of amides is 1. The van der Waals surface area contributed by atoms with Gasteiger partial charge in [0.1, 0.15) is 6.33 Å².